The molecule has 1 saturated heterocycles. The predicted molar refractivity (Wildman–Crippen MR) is 54.7 cm³/mol. The molecule has 4 nitrogen and oxygen atoms in total. The van der Waals surface area contributed by atoms with E-state index in [1.165, 1.54) is 23.1 Å². The van der Waals surface area contributed by atoms with Crippen molar-refractivity contribution in [3.8, 4) is 5.69 Å². The predicted octanol–water partition coefficient (Wildman–Crippen LogP) is 1.49. The summed E-state index contributed by atoms with van der Waals surface area (Å²) in [6.07, 6.45) is 2.07. The molecule has 0 spiro atoms. The van der Waals surface area contributed by atoms with Crippen LogP contribution < -0.4 is 0 Å². The normalized spacial score (nSPS) is 18.4. The van der Waals surface area contributed by atoms with E-state index in [4.69, 9.17) is 4.74 Å². The number of rotatable bonds is 3. The molecule has 0 saturated carbocycles. The second-order valence-corrected chi connectivity index (χ2v) is 3.84. The summed E-state index contributed by atoms with van der Waals surface area (Å²) in [4.78, 5) is 4.05. The average Bonchev–Trinajstić information content (AvgIpc) is 2.97. The van der Waals surface area contributed by atoms with Crippen LogP contribution in [0.3, 0.4) is 0 Å². The van der Waals surface area contributed by atoms with E-state index in [-0.39, 0.29) is 11.8 Å². The first-order valence-electron chi connectivity index (χ1n) is 5.20. The molecule has 17 heavy (non-hydrogen) atoms. The fourth-order valence-electron chi connectivity index (χ4n) is 1.65. The molecular formula is C11H9F2N3O. The number of hydrogen-bond acceptors (Lipinski definition) is 3. The summed E-state index contributed by atoms with van der Waals surface area (Å²) in [7, 11) is 0. The van der Waals surface area contributed by atoms with Crippen LogP contribution in [0.5, 0.6) is 0 Å². The van der Waals surface area contributed by atoms with Crippen molar-refractivity contribution in [2.24, 2.45) is 0 Å². The molecule has 3 rings (SSSR count). The van der Waals surface area contributed by atoms with E-state index in [1.54, 1.807) is 0 Å². The highest BCUT2D eigenvalue weighted by Gasteiger charge is 2.25. The van der Waals surface area contributed by atoms with Crippen molar-refractivity contribution in [3.05, 3.63) is 42.0 Å². The largest absolute Gasteiger partial charge is 0.373 e. The molecule has 1 aliphatic heterocycles. The Labute approximate surface area is 95.8 Å². The van der Waals surface area contributed by atoms with Gasteiger partial charge < -0.3 is 4.74 Å². The van der Waals surface area contributed by atoms with Crippen molar-refractivity contribution in [1.29, 1.82) is 0 Å². The molecule has 1 aromatic heterocycles. The number of hydrogen-bond donors (Lipinski definition) is 0. The molecular weight excluding hydrogens is 228 g/mol. The number of halogens is 2. The Morgan fingerprint density at radius 2 is 2.24 bits per heavy atom. The summed E-state index contributed by atoms with van der Waals surface area (Å²) in [5, 5.41) is 3.95. The van der Waals surface area contributed by atoms with E-state index in [9.17, 15) is 8.78 Å². The highest BCUT2D eigenvalue weighted by Crippen LogP contribution is 2.19. The summed E-state index contributed by atoms with van der Waals surface area (Å²) in [6, 6.07) is 3.36. The van der Waals surface area contributed by atoms with Gasteiger partial charge in [-0.1, -0.05) is 0 Å². The molecule has 0 amide bonds. The monoisotopic (exact) mass is 237 g/mol. The lowest BCUT2D eigenvalue weighted by atomic mass is 10.2. The number of benzene rings is 1. The van der Waals surface area contributed by atoms with Gasteiger partial charge in [-0.05, 0) is 12.1 Å². The molecule has 1 fully saturated rings. The maximum absolute atomic E-state index is 13.6. The van der Waals surface area contributed by atoms with Crippen LogP contribution in [0.15, 0.2) is 24.5 Å². The lowest BCUT2D eigenvalue weighted by Gasteiger charge is -2.06. The smallest absolute Gasteiger partial charge is 0.151 e. The van der Waals surface area contributed by atoms with Gasteiger partial charge in [-0.25, -0.2) is 18.4 Å². The zero-order valence-corrected chi connectivity index (χ0v) is 8.81. The fraction of sp³-hybridized carbons (Fsp3) is 0.273. The molecule has 2 heterocycles. The molecule has 1 aliphatic rings. The van der Waals surface area contributed by atoms with Crippen LogP contribution in [0.4, 0.5) is 8.78 Å². The highest BCUT2D eigenvalue weighted by molar-refractivity contribution is 5.33. The minimum absolute atomic E-state index is 0.140. The Morgan fingerprint density at radius 3 is 2.94 bits per heavy atom. The van der Waals surface area contributed by atoms with Crippen molar-refractivity contribution in [1.82, 2.24) is 14.8 Å². The van der Waals surface area contributed by atoms with Crippen molar-refractivity contribution in [2.75, 3.05) is 6.61 Å². The lowest BCUT2D eigenvalue weighted by molar-refractivity contribution is 0.402. The Hall–Kier alpha value is -1.82. The van der Waals surface area contributed by atoms with Gasteiger partial charge in [0, 0.05) is 12.5 Å². The van der Waals surface area contributed by atoms with E-state index >= 15 is 0 Å². The molecule has 0 radical (unpaired) electrons. The zero-order chi connectivity index (χ0) is 11.8. The zero-order valence-electron chi connectivity index (χ0n) is 8.81. The van der Waals surface area contributed by atoms with Gasteiger partial charge in [-0.3, -0.25) is 0 Å². The minimum Gasteiger partial charge on any atom is -0.373 e. The van der Waals surface area contributed by atoms with Crippen LogP contribution in [0.1, 0.15) is 5.82 Å². The van der Waals surface area contributed by atoms with Gasteiger partial charge in [-0.15, -0.1) is 0 Å². The average molecular weight is 237 g/mol. The van der Waals surface area contributed by atoms with Gasteiger partial charge in [0.15, 0.2) is 5.82 Å². The molecule has 0 N–H and O–H groups in total. The van der Waals surface area contributed by atoms with E-state index in [0.717, 1.165) is 6.07 Å². The molecule has 88 valence electrons. The number of epoxide rings is 1. The lowest BCUT2D eigenvalue weighted by Crippen LogP contribution is -2.08. The van der Waals surface area contributed by atoms with Gasteiger partial charge in [0.25, 0.3) is 0 Å². The van der Waals surface area contributed by atoms with Gasteiger partial charge in [-0.2, -0.15) is 5.10 Å². The maximum Gasteiger partial charge on any atom is 0.151 e. The molecule has 1 aromatic carbocycles. The van der Waals surface area contributed by atoms with E-state index in [0.29, 0.717) is 18.9 Å². The van der Waals surface area contributed by atoms with Crippen molar-refractivity contribution in [2.45, 2.75) is 12.5 Å². The standard InChI is InChI=1S/C11H9F2N3O/c12-7-1-2-10(9(13)3-7)16-11(14-6-15-16)4-8-5-17-8/h1-3,6,8H,4-5H2. The SMILES string of the molecule is Fc1ccc(-n2ncnc2CC2CO2)c(F)c1. The molecule has 0 bridgehead atoms. The minimum atomic E-state index is -0.659. The quantitative estimate of drug-likeness (QED) is 0.759. The van der Waals surface area contributed by atoms with Crippen LogP contribution in [-0.4, -0.2) is 27.5 Å². The first-order chi connectivity index (χ1) is 8.24. The maximum atomic E-state index is 13.6. The van der Waals surface area contributed by atoms with Crippen molar-refractivity contribution in [3.63, 3.8) is 0 Å². The Kier molecular flexibility index (Phi) is 2.36. The fourth-order valence-corrected chi connectivity index (χ4v) is 1.65. The summed E-state index contributed by atoms with van der Waals surface area (Å²) >= 11 is 0. The second kappa shape index (κ2) is 3.89. The van der Waals surface area contributed by atoms with Crippen molar-refractivity contribution < 1.29 is 13.5 Å². The summed E-state index contributed by atoms with van der Waals surface area (Å²) in [6.45, 7) is 0.693. The third-order valence-corrected chi connectivity index (χ3v) is 2.57. The number of nitrogens with zero attached hydrogens (tertiary/aromatic N) is 3. The molecule has 0 aliphatic carbocycles. The molecule has 1 unspecified atom stereocenters. The highest BCUT2D eigenvalue weighted by atomic mass is 19.1. The Balaban J connectivity index is 1.99. The van der Waals surface area contributed by atoms with Crippen molar-refractivity contribution >= 4 is 0 Å². The van der Waals surface area contributed by atoms with E-state index < -0.39 is 11.6 Å². The third-order valence-electron chi connectivity index (χ3n) is 2.57. The first kappa shape index (κ1) is 10.3. The van der Waals surface area contributed by atoms with Gasteiger partial charge in [0.1, 0.15) is 23.7 Å². The van der Waals surface area contributed by atoms with Crippen LogP contribution >= 0.6 is 0 Å². The van der Waals surface area contributed by atoms with E-state index in [1.807, 2.05) is 0 Å². The Morgan fingerprint density at radius 1 is 1.41 bits per heavy atom. The van der Waals surface area contributed by atoms with Crippen LogP contribution in [0, 0.1) is 11.6 Å². The van der Waals surface area contributed by atoms with E-state index in [2.05, 4.69) is 10.1 Å². The second-order valence-electron chi connectivity index (χ2n) is 3.84. The summed E-state index contributed by atoms with van der Waals surface area (Å²) in [5.41, 5.74) is 0.194. The topological polar surface area (TPSA) is 43.2 Å². The Bertz CT molecular complexity index is 551. The third kappa shape index (κ3) is 2.03. The van der Waals surface area contributed by atoms with Crippen LogP contribution in [-0.2, 0) is 11.2 Å². The summed E-state index contributed by atoms with van der Waals surface area (Å²) < 4.78 is 32.9. The molecule has 2 aromatic rings. The molecule has 6 heteroatoms. The number of ether oxygens (including phenoxy) is 1. The van der Waals surface area contributed by atoms with Crippen LogP contribution in [0.2, 0.25) is 0 Å². The van der Waals surface area contributed by atoms with Gasteiger partial charge >= 0.3 is 0 Å². The van der Waals surface area contributed by atoms with Gasteiger partial charge in [0.05, 0.1) is 12.7 Å². The first-order valence-corrected chi connectivity index (χ1v) is 5.20. The number of aromatic nitrogens is 3. The van der Waals surface area contributed by atoms with Crippen LogP contribution in [0.25, 0.3) is 5.69 Å². The molecule has 1 atom stereocenters. The van der Waals surface area contributed by atoms with Gasteiger partial charge in [0.2, 0.25) is 0 Å². The summed E-state index contributed by atoms with van der Waals surface area (Å²) in [5.74, 6) is -0.662.